The van der Waals surface area contributed by atoms with Crippen LogP contribution in [0, 0.1) is 12.7 Å². The minimum Gasteiger partial charge on any atom is -0.493 e. The molecule has 2 N–H and O–H groups in total. The van der Waals surface area contributed by atoms with E-state index in [0.717, 1.165) is 78.3 Å². The number of aryl methyl sites for hydroxylation is 6. The van der Waals surface area contributed by atoms with Gasteiger partial charge in [0.1, 0.15) is 27.3 Å². The molecule has 1 atom stereocenters. The zero-order valence-corrected chi connectivity index (χ0v) is 27.5. The second kappa shape index (κ2) is 11.7. The molecule has 2 aliphatic rings. The maximum absolute atomic E-state index is 14.3. The second-order valence-electron chi connectivity index (χ2n) is 12.3. The molecule has 0 amide bonds. The van der Waals surface area contributed by atoms with Gasteiger partial charge in [-0.25, -0.2) is 9.18 Å². The second-order valence-corrected chi connectivity index (χ2v) is 13.9. The highest BCUT2D eigenvalue weighted by Crippen LogP contribution is 2.45. The van der Waals surface area contributed by atoms with Crippen LogP contribution < -0.4 is 10.1 Å². The fourth-order valence-corrected chi connectivity index (χ4v) is 8.41. The van der Waals surface area contributed by atoms with Crippen molar-refractivity contribution in [2.24, 2.45) is 7.05 Å². The van der Waals surface area contributed by atoms with E-state index in [-0.39, 0.29) is 17.6 Å². The van der Waals surface area contributed by atoms with Gasteiger partial charge in [0.15, 0.2) is 0 Å². The van der Waals surface area contributed by atoms with E-state index in [1.807, 2.05) is 35.9 Å². The van der Waals surface area contributed by atoms with Gasteiger partial charge in [-0.15, -0.1) is 21.5 Å². The molecule has 5 heterocycles. The molecule has 240 valence electrons. The highest BCUT2D eigenvalue weighted by molar-refractivity contribution is 7.11. The number of aromatic nitrogens is 5. The number of fused-ring (bicyclic) bond motifs is 7. The number of nitrogens with one attached hydrogen (secondary N) is 1. The Morgan fingerprint density at radius 1 is 1.09 bits per heavy atom. The molecule has 0 saturated carbocycles. The van der Waals surface area contributed by atoms with E-state index < -0.39 is 5.97 Å². The van der Waals surface area contributed by atoms with Gasteiger partial charge in [-0.3, -0.25) is 4.68 Å². The number of carbonyl (C=O) groups is 1. The quantitative estimate of drug-likeness (QED) is 0.191. The van der Waals surface area contributed by atoms with Gasteiger partial charge in [0.25, 0.3) is 0 Å². The Kier molecular flexibility index (Phi) is 7.50. The van der Waals surface area contributed by atoms with Crippen LogP contribution in [0.2, 0.25) is 5.02 Å². The number of carboxylic acids is 1. The number of nitrogens with zero attached hydrogens (tertiary/aromatic N) is 5. The number of benzene rings is 3. The zero-order chi connectivity index (χ0) is 32.4. The number of hydrogen-bond donors (Lipinski definition) is 2. The predicted octanol–water partition coefficient (Wildman–Crippen LogP) is 7.19. The average molecular weight is 671 g/mol. The van der Waals surface area contributed by atoms with Crippen molar-refractivity contribution in [3.8, 4) is 16.9 Å². The van der Waals surface area contributed by atoms with Gasteiger partial charge in [-0.2, -0.15) is 5.10 Å². The molecule has 0 saturated heterocycles. The Bertz CT molecular complexity index is 2220. The smallest absolute Gasteiger partial charge is 0.352 e. The van der Waals surface area contributed by atoms with Crippen LogP contribution >= 0.6 is 22.9 Å². The Morgan fingerprint density at radius 3 is 2.77 bits per heavy atom. The minimum atomic E-state index is -0.996. The van der Waals surface area contributed by atoms with Crippen LogP contribution in [0.4, 0.5) is 4.39 Å². The number of carboxylic acid groups (broad SMARTS) is 1. The van der Waals surface area contributed by atoms with Gasteiger partial charge in [-0.05, 0) is 79.5 Å². The molecule has 0 fully saturated rings. The third-order valence-electron chi connectivity index (χ3n) is 9.39. The Hall–Kier alpha value is -4.32. The van der Waals surface area contributed by atoms with Crippen molar-refractivity contribution in [2.75, 3.05) is 6.61 Å². The Balaban J connectivity index is 1.26. The standard InChI is InChI=1S/C35H32ClFN6O3S/c1-18-30-31-25(36)9-8-24-23(33(35(44)45)42(2)32(24)31)4-3-13-46-27-15-19(14-20-16-21(37)6-7-22(20)27)5-10-28-39-40-29(47-28)17-38-26-11-12-43(41-18)34(26)30/h6-9,14-16,26,38H,3-5,10-13,17H2,1-2H3,(H,44,45). The van der Waals surface area contributed by atoms with Gasteiger partial charge in [0.2, 0.25) is 0 Å². The lowest BCUT2D eigenvalue weighted by molar-refractivity contribution is 0.0685. The summed E-state index contributed by atoms with van der Waals surface area (Å²) in [6, 6.07) is 12.5. The summed E-state index contributed by atoms with van der Waals surface area (Å²) >= 11 is 8.59. The van der Waals surface area contributed by atoms with Crippen molar-refractivity contribution in [1.29, 1.82) is 0 Å². The molecule has 8 bridgehead atoms. The summed E-state index contributed by atoms with van der Waals surface area (Å²) in [5, 5.41) is 32.8. The predicted molar refractivity (Wildman–Crippen MR) is 180 cm³/mol. The summed E-state index contributed by atoms with van der Waals surface area (Å²) < 4.78 is 24.4. The van der Waals surface area contributed by atoms with Gasteiger partial charge in [-0.1, -0.05) is 23.7 Å². The van der Waals surface area contributed by atoms with Crippen molar-refractivity contribution >= 4 is 50.6 Å². The van der Waals surface area contributed by atoms with E-state index in [2.05, 4.69) is 15.5 Å². The first-order chi connectivity index (χ1) is 22.8. The van der Waals surface area contributed by atoms with Gasteiger partial charge < -0.3 is 19.7 Å². The summed E-state index contributed by atoms with van der Waals surface area (Å²) in [6.07, 6.45) is 3.33. The van der Waals surface area contributed by atoms with Crippen LogP contribution in [0.3, 0.4) is 0 Å². The Morgan fingerprint density at radius 2 is 1.91 bits per heavy atom. The van der Waals surface area contributed by atoms with E-state index in [9.17, 15) is 14.3 Å². The monoisotopic (exact) mass is 670 g/mol. The van der Waals surface area contributed by atoms with E-state index in [4.69, 9.17) is 21.4 Å². The number of halogens is 2. The van der Waals surface area contributed by atoms with Crippen LogP contribution in [0.5, 0.6) is 5.75 Å². The van der Waals surface area contributed by atoms with Crippen LogP contribution in [0.15, 0.2) is 42.5 Å². The van der Waals surface area contributed by atoms with Crippen molar-refractivity contribution in [3.05, 3.63) is 91.5 Å². The highest BCUT2D eigenvalue weighted by Gasteiger charge is 2.33. The van der Waals surface area contributed by atoms with E-state index >= 15 is 0 Å². The fourth-order valence-electron chi connectivity index (χ4n) is 7.37. The third kappa shape index (κ3) is 5.17. The lowest BCUT2D eigenvalue weighted by Gasteiger charge is -2.16. The normalized spacial score (nSPS) is 16.7. The van der Waals surface area contributed by atoms with E-state index in [1.165, 1.54) is 12.1 Å². The molecule has 8 rings (SSSR count). The summed E-state index contributed by atoms with van der Waals surface area (Å²) in [5.74, 6) is -0.621. The molecule has 47 heavy (non-hydrogen) atoms. The van der Waals surface area contributed by atoms with Crippen LogP contribution in [-0.2, 0) is 39.4 Å². The van der Waals surface area contributed by atoms with Gasteiger partial charge in [0, 0.05) is 41.9 Å². The number of aromatic carboxylic acids is 1. The van der Waals surface area contributed by atoms with Crippen molar-refractivity contribution < 1.29 is 19.0 Å². The molecule has 0 spiro atoms. The number of hydrogen-bond acceptors (Lipinski definition) is 7. The molecule has 6 aromatic rings. The topological polar surface area (TPSA) is 107 Å². The van der Waals surface area contributed by atoms with E-state index in [1.54, 1.807) is 29.0 Å². The maximum atomic E-state index is 14.3. The first kappa shape index (κ1) is 30.0. The van der Waals surface area contributed by atoms with Gasteiger partial charge >= 0.3 is 5.97 Å². The molecule has 2 aliphatic heterocycles. The first-order valence-corrected chi connectivity index (χ1v) is 17.0. The molecular weight excluding hydrogens is 639 g/mol. The lowest BCUT2D eigenvalue weighted by atomic mass is 9.96. The SMILES string of the molecule is Cc1nn2c3c1-c1c(Cl)ccc4c(c(C(=O)O)n(C)c14)CCCOc1cc(cc4cc(F)ccc14)CCc1nnc(s1)CNC3CC2. The lowest BCUT2D eigenvalue weighted by Crippen LogP contribution is -2.19. The highest BCUT2D eigenvalue weighted by atomic mass is 35.5. The number of ether oxygens (including phenoxy) is 1. The van der Waals surface area contributed by atoms with Gasteiger partial charge in [0.05, 0.1) is 41.1 Å². The van der Waals surface area contributed by atoms with E-state index in [0.29, 0.717) is 49.6 Å². The van der Waals surface area contributed by atoms with Crippen molar-refractivity contribution in [1.82, 2.24) is 29.9 Å². The van der Waals surface area contributed by atoms with Crippen LogP contribution in [0.1, 0.15) is 61.9 Å². The summed E-state index contributed by atoms with van der Waals surface area (Å²) in [4.78, 5) is 12.7. The summed E-state index contributed by atoms with van der Waals surface area (Å²) in [6.45, 7) is 3.65. The summed E-state index contributed by atoms with van der Waals surface area (Å²) in [7, 11) is 1.79. The zero-order valence-electron chi connectivity index (χ0n) is 25.9. The molecule has 0 radical (unpaired) electrons. The van der Waals surface area contributed by atoms with Crippen molar-refractivity contribution in [3.63, 3.8) is 0 Å². The average Bonchev–Trinajstić information content (AvgIpc) is 3.80. The molecule has 12 heteroatoms. The van der Waals surface area contributed by atoms with Crippen molar-refractivity contribution in [2.45, 2.75) is 58.2 Å². The molecule has 1 unspecified atom stereocenters. The largest absolute Gasteiger partial charge is 0.493 e. The molecule has 0 aliphatic carbocycles. The fraction of sp³-hybridized carbons (Fsp3) is 0.314. The summed E-state index contributed by atoms with van der Waals surface area (Å²) in [5.41, 5.74) is 6.40. The van der Waals surface area contributed by atoms with Crippen LogP contribution in [0.25, 0.3) is 32.8 Å². The maximum Gasteiger partial charge on any atom is 0.352 e. The Labute approximate surface area is 278 Å². The first-order valence-electron chi connectivity index (χ1n) is 15.8. The number of rotatable bonds is 1. The third-order valence-corrected chi connectivity index (χ3v) is 10.7. The molecule has 9 nitrogen and oxygen atoms in total. The van der Waals surface area contributed by atoms with Crippen LogP contribution in [-0.4, -0.2) is 42.2 Å². The molecule has 3 aromatic heterocycles. The minimum absolute atomic E-state index is 0.00577. The molecule has 3 aromatic carbocycles. The molecular formula is C35H32ClFN6O3S.